The average Bonchev–Trinajstić information content (AvgIpc) is 2.95. The summed E-state index contributed by atoms with van der Waals surface area (Å²) in [6, 6.07) is 3.86. The zero-order valence-corrected chi connectivity index (χ0v) is 11.0. The summed E-state index contributed by atoms with van der Waals surface area (Å²) in [6.45, 7) is 0.258. The van der Waals surface area contributed by atoms with Gasteiger partial charge in [0.15, 0.2) is 5.82 Å². The summed E-state index contributed by atoms with van der Waals surface area (Å²) >= 11 is 4.91. The lowest BCUT2D eigenvalue weighted by Gasteiger charge is -1.95. The molecule has 0 radical (unpaired) electrons. The van der Waals surface area contributed by atoms with E-state index in [0.717, 1.165) is 8.66 Å². The second-order valence-electron chi connectivity index (χ2n) is 3.02. The maximum absolute atomic E-state index is 11.4. The molecule has 1 amide bonds. The number of tetrazole rings is 1. The Morgan fingerprint density at radius 2 is 2.47 bits per heavy atom. The van der Waals surface area contributed by atoms with Gasteiger partial charge in [-0.15, -0.1) is 21.5 Å². The van der Waals surface area contributed by atoms with E-state index in [1.54, 1.807) is 17.4 Å². The molecule has 0 fully saturated rings. The quantitative estimate of drug-likeness (QED) is 0.835. The molecule has 17 heavy (non-hydrogen) atoms. The van der Waals surface area contributed by atoms with Crippen LogP contribution < -0.4 is 5.32 Å². The molecule has 2 aromatic heterocycles. The molecule has 0 aliphatic rings. The van der Waals surface area contributed by atoms with Crippen LogP contribution in [0.3, 0.4) is 0 Å². The minimum atomic E-state index is -0.195. The zero-order chi connectivity index (χ0) is 12.1. The summed E-state index contributed by atoms with van der Waals surface area (Å²) in [6.07, 6.45) is 3.22. The molecule has 0 saturated heterocycles. The predicted octanol–water partition coefficient (Wildman–Crippen LogP) is 1.35. The van der Waals surface area contributed by atoms with E-state index in [9.17, 15) is 4.79 Å². The van der Waals surface area contributed by atoms with E-state index in [-0.39, 0.29) is 12.5 Å². The van der Waals surface area contributed by atoms with Gasteiger partial charge in [-0.2, -0.15) is 5.21 Å². The number of H-pyrrole nitrogens is 1. The van der Waals surface area contributed by atoms with Gasteiger partial charge in [0.25, 0.3) is 0 Å². The number of amides is 1. The summed E-state index contributed by atoms with van der Waals surface area (Å²) < 4.78 is 1.03. The number of hydrogen-bond acceptors (Lipinski definition) is 5. The summed E-state index contributed by atoms with van der Waals surface area (Å²) in [5.74, 6) is 0.255. The van der Waals surface area contributed by atoms with Gasteiger partial charge in [-0.1, -0.05) is 5.21 Å². The van der Waals surface area contributed by atoms with Crippen LogP contribution >= 0.6 is 27.3 Å². The summed E-state index contributed by atoms with van der Waals surface area (Å²) in [7, 11) is 0. The largest absolute Gasteiger partial charge is 0.345 e. The first kappa shape index (κ1) is 11.9. The number of hydrogen-bond donors (Lipinski definition) is 2. The normalized spacial score (nSPS) is 10.9. The number of carbonyl (C=O) groups is 1. The van der Waals surface area contributed by atoms with Crippen molar-refractivity contribution in [3.05, 3.63) is 32.7 Å². The molecule has 0 aliphatic carbocycles. The lowest BCUT2D eigenvalue weighted by molar-refractivity contribution is -0.116. The maximum atomic E-state index is 11.4. The Morgan fingerprint density at radius 1 is 1.59 bits per heavy atom. The molecule has 0 atom stereocenters. The van der Waals surface area contributed by atoms with E-state index in [1.807, 2.05) is 12.1 Å². The lowest BCUT2D eigenvalue weighted by Crippen LogP contribution is -2.20. The minimum absolute atomic E-state index is 0.195. The van der Waals surface area contributed by atoms with Crippen molar-refractivity contribution >= 4 is 39.2 Å². The van der Waals surface area contributed by atoms with E-state index >= 15 is 0 Å². The van der Waals surface area contributed by atoms with E-state index in [4.69, 9.17) is 0 Å². The Bertz CT molecular complexity index is 521. The molecule has 0 saturated carbocycles. The highest BCUT2D eigenvalue weighted by molar-refractivity contribution is 9.11. The minimum Gasteiger partial charge on any atom is -0.345 e. The Morgan fingerprint density at radius 3 is 3.12 bits per heavy atom. The fraction of sp³-hybridized carbons (Fsp3) is 0.111. The second-order valence-corrected chi connectivity index (χ2v) is 5.52. The molecule has 8 heteroatoms. The van der Waals surface area contributed by atoms with Crippen LogP contribution in [0.5, 0.6) is 0 Å². The molecule has 0 unspecified atom stereocenters. The van der Waals surface area contributed by atoms with E-state index in [0.29, 0.717) is 5.82 Å². The van der Waals surface area contributed by atoms with Crippen LogP contribution in [0.2, 0.25) is 0 Å². The molecule has 2 rings (SSSR count). The maximum Gasteiger partial charge on any atom is 0.244 e. The average molecular weight is 314 g/mol. The Labute approximate surface area is 109 Å². The topological polar surface area (TPSA) is 83.6 Å². The fourth-order valence-electron chi connectivity index (χ4n) is 1.06. The predicted molar refractivity (Wildman–Crippen MR) is 67.1 cm³/mol. The molecular weight excluding hydrogens is 306 g/mol. The Balaban J connectivity index is 1.83. The van der Waals surface area contributed by atoms with E-state index < -0.39 is 0 Å². The van der Waals surface area contributed by atoms with Crippen molar-refractivity contribution in [3.63, 3.8) is 0 Å². The second kappa shape index (κ2) is 5.69. The van der Waals surface area contributed by atoms with Gasteiger partial charge >= 0.3 is 0 Å². The third-order valence-electron chi connectivity index (χ3n) is 1.80. The van der Waals surface area contributed by atoms with Crippen molar-refractivity contribution in [2.45, 2.75) is 6.54 Å². The molecular formula is C9H8BrN5OS. The van der Waals surface area contributed by atoms with Gasteiger partial charge in [0.1, 0.15) is 0 Å². The highest BCUT2D eigenvalue weighted by atomic mass is 79.9. The van der Waals surface area contributed by atoms with Crippen LogP contribution in [0.4, 0.5) is 0 Å². The molecule has 0 aromatic carbocycles. The standard InChI is InChI=1S/C9H8BrN5OS/c10-7-3-1-6(17-7)2-4-9(16)11-5-8-12-14-15-13-8/h1-4H,5H2,(H,11,16)(H,12,13,14,15). The van der Waals surface area contributed by atoms with Gasteiger partial charge < -0.3 is 5.32 Å². The number of aromatic nitrogens is 4. The third kappa shape index (κ3) is 3.75. The lowest BCUT2D eigenvalue weighted by atomic mass is 10.4. The number of carbonyl (C=O) groups excluding carboxylic acids is 1. The SMILES string of the molecule is O=C(C=Cc1ccc(Br)s1)NCc1nn[nH]n1. The van der Waals surface area contributed by atoms with Gasteiger partial charge in [0, 0.05) is 11.0 Å². The van der Waals surface area contributed by atoms with Gasteiger partial charge in [-0.3, -0.25) is 4.79 Å². The van der Waals surface area contributed by atoms with Crippen LogP contribution in [0, 0.1) is 0 Å². The Kier molecular flexibility index (Phi) is 3.99. The monoisotopic (exact) mass is 313 g/mol. The van der Waals surface area contributed by atoms with Crippen molar-refractivity contribution in [1.82, 2.24) is 25.9 Å². The molecule has 2 N–H and O–H groups in total. The van der Waals surface area contributed by atoms with Crippen molar-refractivity contribution in [3.8, 4) is 0 Å². The molecule has 0 aliphatic heterocycles. The summed E-state index contributed by atoms with van der Waals surface area (Å²) in [5, 5.41) is 15.8. The number of nitrogens with zero attached hydrogens (tertiary/aromatic N) is 3. The van der Waals surface area contributed by atoms with Crippen LogP contribution in [-0.2, 0) is 11.3 Å². The van der Waals surface area contributed by atoms with E-state index in [1.165, 1.54) is 6.08 Å². The van der Waals surface area contributed by atoms with Gasteiger partial charge in [0.2, 0.25) is 5.91 Å². The van der Waals surface area contributed by atoms with Crippen LogP contribution in [-0.4, -0.2) is 26.5 Å². The first-order valence-electron chi connectivity index (χ1n) is 4.67. The molecule has 2 aromatic rings. The third-order valence-corrected chi connectivity index (χ3v) is 3.39. The molecule has 6 nitrogen and oxygen atoms in total. The first-order valence-corrected chi connectivity index (χ1v) is 6.28. The fourth-order valence-corrected chi connectivity index (χ4v) is 2.38. The van der Waals surface area contributed by atoms with Crippen molar-refractivity contribution in [2.24, 2.45) is 0 Å². The van der Waals surface area contributed by atoms with Gasteiger partial charge in [-0.25, -0.2) is 0 Å². The van der Waals surface area contributed by atoms with Crippen LogP contribution in [0.25, 0.3) is 6.08 Å². The van der Waals surface area contributed by atoms with Gasteiger partial charge in [-0.05, 0) is 34.1 Å². The summed E-state index contributed by atoms with van der Waals surface area (Å²) in [5.41, 5.74) is 0. The van der Waals surface area contributed by atoms with E-state index in [2.05, 4.69) is 41.9 Å². The number of rotatable bonds is 4. The zero-order valence-electron chi connectivity index (χ0n) is 8.55. The Hall–Kier alpha value is -1.54. The molecule has 2 heterocycles. The van der Waals surface area contributed by atoms with Crippen molar-refractivity contribution in [2.75, 3.05) is 0 Å². The van der Waals surface area contributed by atoms with Crippen LogP contribution in [0.15, 0.2) is 22.0 Å². The molecule has 0 bridgehead atoms. The number of nitrogens with one attached hydrogen (secondary N) is 2. The molecule has 88 valence electrons. The van der Waals surface area contributed by atoms with Gasteiger partial charge in [0.05, 0.1) is 10.3 Å². The van der Waals surface area contributed by atoms with Crippen molar-refractivity contribution in [1.29, 1.82) is 0 Å². The highest BCUT2D eigenvalue weighted by Crippen LogP contribution is 2.22. The molecule has 0 spiro atoms. The van der Waals surface area contributed by atoms with Crippen molar-refractivity contribution < 1.29 is 4.79 Å². The number of thiophene rings is 1. The van der Waals surface area contributed by atoms with Crippen LogP contribution in [0.1, 0.15) is 10.7 Å². The number of halogens is 1. The number of aromatic amines is 1. The highest BCUT2D eigenvalue weighted by Gasteiger charge is 2.00. The first-order chi connectivity index (χ1) is 8.24. The smallest absolute Gasteiger partial charge is 0.244 e. The summed E-state index contributed by atoms with van der Waals surface area (Å²) in [4.78, 5) is 12.4.